The molecule has 1 aliphatic rings. The number of carbonyl (C=O) groups is 1. The highest BCUT2D eigenvalue weighted by atomic mass is 35.5. The van der Waals surface area contributed by atoms with Crippen LogP contribution in [0.25, 0.3) is 11.0 Å². The van der Waals surface area contributed by atoms with Crippen molar-refractivity contribution in [2.45, 2.75) is 13.0 Å². The van der Waals surface area contributed by atoms with Gasteiger partial charge in [-0.1, -0.05) is 29.8 Å². The molecule has 148 valence electrons. The number of amides is 1. The van der Waals surface area contributed by atoms with Crippen LogP contribution in [0.3, 0.4) is 0 Å². The average molecular weight is 421 g/mol. The maximum Gasteiger partial charge on any atom is 0.296 e. The van der Waals surface area contributed by atoms with E-state index in [9.17, 15) is 14.0 Å². The molecule has 0 radical (unpaired) electrons. The molecule has 0 spiro atoms. The molecule has 2 aromatic heterocycles. The van der Waals surface area contributed by atoms with Gasteiger partial charge in [0.1, 0.15) is 17.2 Å². The van der Waals surface area contributed by atoms with Gasteiger partial charge in [-0.25, -0.2) is 9.37 Å². The molecule has 0 fully saturated rings. The average Bonchev–Trinajstić information content (AvgIpc) is 3.02. The number of pyridine rings is 1. The van der Waals surface area contributed by atoms with Crippen molar-refractivity contribution in [2.75, 3.05) is 4.90 Å². The first-order valence-electron chi connectivity index (χ1n) is 9.23. The summed E-state index contributed by atoms with van der Waals surface area (Å²) in [5, 5.41) is 0.662. The number of aryl methyl sites for hydroxylation is 1. The number of hydrogen-bond donors (Lipinski definition) is 0. The normalized spacial score (nSPS) is 15.6. The van der Waals surface area contributed by atoms with Crippen molar-refractivity contribution >= 4 is 34.3 Å². The molecular weight excluding hydrogens is 407 g/mol. The maximum atomic E-state index is 13.6. The van der Waals surface area contributed by atoms with Gasteiger partial charge in [-0.3, -0.25) is 14.5 Å². The number of anilines is 1. The van der Waals surface area contributed by atoms with Gasteiger partial charge in [-0.2, -0.15) is 0 Å². The van der Waals surface area contributed by atoms with Gasteiger partial charge < -0.3 is 4.42 Å². The SMILES string of the molecule is Cc1cccc(N2C(=O)c3oc4ccc(Cl)cc4c(=O)c3[C@H]2c2ccc(F)cc2)n1. The first kappa shape index (κ1) is 18.5. The number of fused-ring (bicyclic) bond motifs is 2. The Morgan fingerprint density at radius 2 is 1.83 bits per heavy atom. The molecule has 0 saturated heterocycles. The number of rotatable bonds is 2. The molecule has 7 heteroatoms. The molecular formula is C23H14ClFN2O3. The second-order valence-electron chi connectivity index (χ2n) is 7.08. The number of carbonyl (C=O) groups excluding carboxylic acids is 1. The molecule has 0 unspecified atom stereocenters. The topological polar surface area (TPSA) is 63.4 Å². The lowest BCUT2D eigenvalue weighted by molar-refractivity contribution is 0.0970. The molecule has 30 heavy (non-hydrogen) atoms. The molecule has 5 nitrogen and oxygen atoms in total. The van der Waals surface area contributed by atoms with Crippen molar-refractivity contribution in [1.29, 1.82) is 0 Å². The Balaban J connectivity index is 1.83. The summed E-state index contributed by atoms with van der Waals surface area (Å²) in [6.07, 6.45) is 0. The Kier molecular flexibility index (Phi) is 4.18. The zero-order chi connectivity index (χ0) is 21.0. The van der Waals surface area contributed by atoms with Crippen LogP contribution in [0.1, 0.15) is 33.4 Å². The molecule has 1 aliphatic heterocycles. The number of benzene rings is 2. The third-order valence-electron chi connectivity index (χ3n) is 5.14. The summed E-state index contributed by atoms with van der Waals surface area (Å²) in [6.45, 7) is 1.81. The largest absolute Gasteiger partial charge is 0.450 e. The Bertz CT molecular complexity index is 1380. The van der Waals surface area contributed by atoms with E-state index in [2.05, 4.69) is 4.98 Å². The van der Waals surface area contributed by atoms with Gasteiger partial charge in [0.05, 0.1) is 17.0 Å². The molecule has 0 bridgehead atoms. The maximum absolute atomic E-state index is 13.6. The molecule has 0 saturated carbocycles. The van der Waals surface area contributed by atoms with E-state index in [1.807, 2.05) is 13.0 Å². The molecule has 3 heterocycles. The highest BCUT2D eigenvalue weighted by Gasteiger charge is 2.44. The molecule has 0 N–H and O–H groups in total. The third-order valence-corrected chi connectivity index (χ3v) is 5.37. The molecule has 0 aliphatic carbocycles. The van der Waals surface area contributed by atoms with Gasteiger partial charge in [-0.15, -0.1) is 0 Å². The summed E-state index contributed by atoms with van der Waals surface area (Å²) in [6, 6.07) is 14.8. The highest BCUT2D eigenvalue weighted by Crippen LogP contribution is 2.40. The lowest BCUT2D eigenvalue weighted by Gasteiger charge is -2.24. The van der Waals surface area contributed by atoms with Gasteiger partial charge >= 0.3 is 0 Å². The van der Waals surface area contributed by atoms with Crippen LogP contribution < -0.4 is 10.3 Å². The fourth-order valence-electron chi connectivity index (χ4n) is 3.80. The predicted molar refractivity (Wildman–Crippen MR) is 112 cm³/mol. The van der Waals surface area contributed by atoms with E-state index in [1.54, 1.807) is 36.4 Å². The fourth-order valence-corrected chi connectivity index (χ4v) is 3.98. The molecule has 4 aromatic rings. The van der Waals surface area contributed by atoms with Crippen molar-refractivity contribution in [3.8, 4) is 0 Å². The molecule has 1 atom stereocenters. The summed E-state index contributed by atoms with van der Waals surface area (Å²) in [4.78, 5) is 32.7. The smallest absolute Gasteiger partial charge is 0.296 e. The lowest BCUT2D eigenvalue weighted by atomic mass is 9.98. The Morgan fingerprint density at radius 1 is 1.07 bits per heavy atom. The van der Waals surface area contributed by atoms with E-state index < -0.39 is 17.8 Å². The van der Waals surface area contributed by atoms with Gasteiger partial charge in [0.25, 0.3) is 5.91 Å². The van der Waals surface area contributed by atoms with Crippen LogP contribution in [-0.4, -0.2) is 10.9 Å². The van der Waals surface area contributed by atoms with Crippen molar-refractivity contribution in [3.05, 3.63) is 104 Å². The van der Waals surface area contributed by atoms with Gasteiger partial charge in [-0.05, 0) is 55.0 Å². The lowest BCUT2D eigenvalue weighted by Crippen LogP contribution is -2.30. The second kappa shape index (κ2) is 6.78. The monoisotopic (exact) mass is 420 g/mol. The Labute approximate surface area is 175 Å². The van der Waals surface area contributed by atoms with Gasteiger partial charge in [0, 0.05) is 10.7 Å². The number of halogens is 2. The zero-order valence-corrected chi connectivity index (χ0v) is 16.5. The van der Waals surface area contributed by atoms with E-state index in [1.165, 1.54) is 23.1 Å². The van der Waals surface area contributed by atoms with Crippen molar-refractivity contribution in [3.63, 3.8) is 0 Å². The van der Waals surface area contributed by atoms with E-state index >= 15 is 0 Å². The van der Waals surface area contributed by atoms with E-state index in [-0.39, 0.29) is 27.7 Å². The molecule has 2 aromatic carbocycles. The quantitative estimate of drug-likeness (QED) is 0.456. The fraction of sp³-hybridized carbons (Fsp3) is 0.0870. The summed E-state index contributed by atoms with van der Waals surface area (Å²) < 4.78 is 19.4. The number of hydrogen-bond acceptors (Lipinski definition) is 4. The minimum atomic E-state index is -0.804. The summed E-state index contributed by atoms with van der Waals surface area (Å²) >= 11 is 6.07. The molecule has 1 amide bonds. The summed E-state index contributed by atoms with van der Waals surface area (Å²) in [5.74, 6) is -0.568. The van der Waals surface area contributed by atoms with Crippen LogP contribution in [0, 0.1) is 12.7 Å². The Morgan fingerprint density at radius 3 is 2.57 bits per heavy atom. The Hall–Kier alpha value is -3.51. The van der Waals surface area contributed by atoms with E-state index in [0.717, 1.165) is 0 Å². The van der Waals surface area contributed by atoms with Gasteiger partial charge in [0.2, 0.25) is 5.76 Å². The number of aromatic nitrogens is 1. The standard InChI is InChI=1S/C23H14ClFN2O3/c1-12-3-2-4-18(26-12)27-20(13-5-8-15(25)9-6-13)19-21(28)16-11-14(24)7-10-17(16)30-22(19)23(27)29/h2-11,20H,1H3/t20-/m1/s1. The first-order chi connectivity index (χ1) is 14.4. The van der Waals surface area contributed by atoms with Gasteiger partial charge in [0.15, 0.2) is 5.43 Å². The summed E-state index contributed by atoms with van der Waals surface area (Å²) in [5.41, 5.74) is 1.38. The number of nitrogens with zero attached hydrogens (tertiary/aromatic N) is 2. The van der Waals surface area contributed by atoms with Crippen LogP contribution in [0.5, 0.6) is 0 Å². The van der Waals surface area contributed by atoms with Crippen molar-refractivity contribution in [2.24, 2.45) is 0 Å². The first-order valence-corrected chi connectivity index (χ1v) is 9.61. The van der Waals surface area contributed by atoms with Crippen LogP contribution in [0.2, 0.25) is 5.02 Å². The van der Waals surface area contributed by atoms with E-state index in [4.69, 9.17) is 16.0 Å². The minimum absolute atomic E-state index is 0.0487. The zero-order valence-electron chi connectivity index (χ0n) is 15.7. The van der Waals surface area contributed by atoms with E-state index in [0.29, 0.717) is 22.1 Å². The predicted octanol–water partition coefficient (Wildman–Crippen LogP) is 5.04. The second-order valence-corrected chi connectivity index (χ2v) is 7.52. The molecule has 5 rings (SSSR count). The summed E-state index contributed by atoms with van der Waals surface area (Å²) in [7, 11) is 0. The van der Waals surface area contributed by atoms with Crippen LogP contribution in [-0.2, 0) is 0 Å². The third kappa shape index (κ3) is 2.80. The van der Waals surface area contributed by atoms with Crippen LogP contribution in [0.4, 0.5) is 10.2 Å². The van der Waals surface area contributed by atoms with Crippen LogP contribution >= 0.6 is 11.6 Å². The van der Waals surface area contributed by atoms with Crippen LogP contribution in [0.15, 0.2) is 69.9 Å². The highest BCUT2D eigenvalue weighted by molar-refractivity contribution is 6.31. The van der Waals surface area contributed by atoms with Crippen molar-refractivity contribution < 1.29 is 13.6 Å². The van der Waals surface area contributed by atoms with Crippen molar-refractivity contribution in [1.82, 2.24) is 4.98 Å². The minimum Gasteiger partial charge on any atom is -0.450 e.